The summed E-state index contributed by atoms with van der Waals surface area (Å²) in [6.07, 6.45) is 0.646. The van der Waals surface area contributed by atoms with E-state index in [0.717, 1.165) is 5.56 Å². The molecular weight excluding hydrogens is 304 g/mol. The van der Waals surface area contributed by atoms with E-state index < -0.39 is 16.4 Å². The van der Waals surface area contributed by atoms with Gasteiger partial charge in [-0.25, -0.2) is 0 Å². The molecule has 0 radical (unpaired) electrons. The molecule has 0 saturated carbocycles. The van der Waals surface area contributed by atoms with Crippen LogP contribution in [-0.4, -0.2) is 42.5 Å². The van der Waals surface area contributed by atoms with E-state index in [9.17, 15) is 9.59 Å². The average molecular weight is 332 g/mol. The molecule has 2 N–H and O–H groups in total. The Kier molecular flexibility index (Phi) is 4.77. The number of benzene rings is 1. The Hall–Kier alpha value is -1.88. The van der Waals surface area contributed by atoms with E-state index in [1.165, 1.54) is 7.11 Å². The average Bonchev–Trinajstić information content (AvgIpc) is 2.92. The van der Waals surface area contributed by atoms with E-state index in [2.05, 4.69) is 0 Å². The summed E-state index contributed by atoms with van der Waals surface area (Å²) in [6, 6.07) is 9.67. The summed E-state index contributed by atoms with van der Waals surface area (Å²) in [5.74, 6) is -0.344. The van der Waals surface area contributed by atoms with Gasteiger partial charge in [0.15, 0.2) is 0 Å². The molecule has 0 aliphatic carbocycles. The number of rotatable bonds is 5. The molecule has 1 fully saturated rings. The minimum Gasteiger partial charge on any atom is -0.469 e. The number of nitrogens with two attached hydrogens (primary N) is 1. The zero-order chi connectivity index (χ0) is 18.2. The minimum absolute atomic E-state index is 0.0156. The van der Waals surface area contributed by atoms with Crippen molar-refractivity contribution in [2.45, 2.75) is 45.1 Å². The number of methoxy groups -OCH3 is 1. The van der Waals surface area contributed by atoms with Crippen LogP contribution >= 0.6 is 0 Å². The van der Waals surface area contributed by atoms with Gasteiger partial charge in [-0.2, -0.15) is 0 Å². The molecular formula is C19H28N2O3. The predicted molar refractivity (Wildman–Crippen MR) is 93.4 cm³/mol. The summed E-state index contributed by atoms with van der Waals surface area (Å²) < 4.78 is 4.96. The van der Waals surface area contributed by atoms with Crippen molar-refractivity contribution in [3.63, 3.8) is 0 Å². The molecule has 0 bridgehead atoms. The molecule has 1 aliphatic rings. The summed E-state index contributed by atoms with van der Waals surface area (Å²) >= 11 is 0. The monoisotopic (exact) mass is 332 g/mol. The van der Waals surface area contributed by atoms with Gasteiger partial charge >= 0.3 is 5.97 Å². The van der Waals surface area contributed by atoms with Gasteiger partial charge in [0.25, 0.3) is 0 Å². The number of ether oxygens (including phenoxy) is 1. The van der Waals surface area contributed by atoms with Gasteiger partial charge in [0, 0.05) is 13.1 Å². The Bertz CT molecular complexity index is 625. The summed E-state index contributed by atoms with van der Waals surface area (Å²) in [4.78, 5) is 27.4. The summed E-state index contributed by atoms with van der Waals surface area (Å²) in [7, 11) is 1.38. The molecule has 1 aliphatic heterocycles. The van der Waals surface area contributed by atoms with Crippen molar-refractivity contribution in [1.29, 1.82) is 0 Å². The van der Waals surface area contributed by atoms with Gasteiger partial charge in [-0.15, -0.1) is 0 Å². The molecule has 2 rings (SSSR count). The number of amides is 1. The van der Waals surface area contributed by atoms with Crippen LogP contribution in [0.4, 0.5) is 0 Å². The number of nitrogens with zero attached hydrogens (tertiary/aromatic N) is 1. The van der Waals surface area contributed by atoms with Crippen molar-refractivity contribution < 1.29 is 14.3 Å². The lowest BCUT2D eigenvalue weighted by atomic mass is 9.72. The third-order valence-corrected chi connectivity index (χ3v) is 5.99. The first kappa shape index (κ1) is 18.5. The molecule has 0 aromatic heterocycles. The van der Waals surface area contributed by atoms with Gasteiger partial charge < -0.3 is 15.4 Å². The fraction of sp³-hybridized carbons (Fsp3) is 0.579. The van der Waals surface area contributed by atoms with E-state index in [-0.39, 0.29) is 18.4 Å². The first-order valence-electron chi connectivity index (χ1n) is 8.31. The van der Waals surface area contributed by atoms with Crippen molar-refractivity contribution in [3.05, 3.63) is 35.9 Å². The summed E-state index contributed by atoms with van der Waals surface area (Å²) in [6.45, 7) is 8.28. The molecule has 132 valence electrons. The van der Waals surface area contributed by atoms with Crippen LogP contribution in [-0.2, 0) is 19.7 Å². The molecule has 1 heterocycles. The van der Waals surface area contributed by atoms with Gasteiger partial charge in [0.1, 0.15) is 0 Å². The molecule has 1 aromatic carbocycles. The maximum atomic E-state index is 13.4. The van der Waals surface area contributed by atoms with Crippen LogP contribution in [0.25, 0.3) is 0 Å². The van der Waals surface area contributed by atoms with E-state index in [1.807, 2.05) is 58.0 Å². The maximum Gasteiger partial charge on any atom is 0.313 e. The van der Waals surface area contributed by atoms with Crippen molar-refractivity contribution in [2.75, 3.05) is 20.2 Å². The van der Waals surface area contributed by atoms with Crippen LogP contribution in [0.5, 0.6) is 0 Å². The Balaban J connectivity index is 2.42. The number of hydrogen-bond acceptors (Lipinski definition) is 4. The lowest BCUT2D eigenvalue weighted by molar-refractivity contribution is -0.162. The molecule has 1 atom stereocenters. The van der Waals surface area contributed by atoms with E-state index in [0.29, 0.717) is 13.0 Å². The zero-order valence-corrected chi connectivity index (χ0v) is 15.3. The van der Waals surface area contributed by atoms with Crippen LogP contribution in [0, 0.1) is 5.41 Å². The number of esters is 1. The van der Waals surface area contributed by atoms with Gasteiger partial charge in [-0.3, -0.25) is 9.59 Å². The highest BCUT2D eigenvalue weighted by Crippen LogP contribution is 2.44. The highest BCUT2D eigenvalue weighted by Gasteiger charge is 2.56. The Labute approximate surface area is 144 Å². The second-order valence-electron chi connectivity index (χ2n) is 7.53. The second-order valence-corrected chi connectivity index (χ2v) is 7.53. The molecule has 5 nitrogen and oxygen atoms in total. The van der Waals surface area contributed by atoms with Crippen molar-refractivity contribution >= 4 is 11.9 Å². The second kappa shape index (κ2) is 6.20. The number of hydrogen-bond donors (Lipinski definition) is 1. The van der Waals surface area contributed by atoms with E-state index >= 15 is 0 Å². The smallest absolute Gasteiger partial charge is 0.313 e. The Morgan fingerprint density at radius 1 is 1.25 bits per heavy atom. The number of carbonyl (C=O) groups excluding carboxylic acids is 2. The van der Waals surface area contributed by atoms with Crippen LogP contribution in [0.3, 0.4) is 0 Å². The maximum absolute atomic E-state index is 13.4. The first-order chi connectivity index (χ1) is 11.1. The van der Waals surface area contributed by atoms with Crippen LogP contribution in [0.2, 0.25) is 0 Å². The van der Waals surface area contributed by atoms with Crippen molar-refractivity contribution in [2.24, 2.45) is 11.1 Å². The standard InChI is InChI=1S/C19H28N2O3/c1-17(2,16(23)24-5)18(3,4)21-12-11-19(13-20,15(21)22)14-9-7-6-8-10-14/h6-10H,11-13,20H2,1-5H3. The molecule has 1 amide bonds. The Morgan fingerprint density at radius 2 is 1.83 bits per heavy atom. The van der Waals surface area contributed by atoms with E-state index in [4.69, 9.17) is 10.5 Å². The molecule has 0 spiro atoms. The van der Waals surface area contributed by atoms with Crippen LogP contribution in [0.1, 0.15) is 39.7 Å². The third-order valence-electron chi connectivity index (χ3n) is 5.99. The zero-order valence-electron chi connectivity index (χ0n) is 15.3. The molecule has 1 aromatic rings. The largest absolute Gasteiger partial charge is 0.469 e. The lowest BCUT2D eigenvalue weighted by Crippen LogP contribution is -2.59. The molecule has 5 heteroatoms. The van der Waals surface area contributed by atoms with Gasteiger partial charge in [0.2, 0.25) is 5.91 Å². The SMILES string of the molecule is COC(=O)C(C)(C)C(C)(C)N1CCC(CN)(c2ccccc2)C1=O. The van der Waals surface area contributed by atoms with Gasteiger partial charge in [0.05, 0.1) is 23.5 Å². The number of likely N-dealkylation sites (tertiary alicyclic amines) is 1. The predicted octanol–water partition coefficient (Wildman–Crippen LogP) is 2.09. The Morgan fingerprint density at radius 3 is 2.33 bits per heavy atom. The topological polar surface area (TPSA) is 72.6 Å². The van der Waals surface area contributed by atoms with Gasteiger partial charge in [-0.05, 0) is 39.7 Å². The molecule has 1 saturated heterocycles. The summed E-state index contributed by atoms with van der Waals surface area (Å²) in [5.41, 5.74) is 4.75. The first-order valence-corrected chi connectivity index (χ1v) is 8.31. The quantitative estimate of drug-likeness (QED) is 0.838. The van der Waals surface area contributed by atoms with Crippen molar-refractivity contribution in [1.82, 2.24) is 4.90 Å². The van der Waals surface area contributed by atoms with Crippen LogP contribution in [0.15, 0.2) is 30.3 Å². The summed E-state index contributed by atoms with van der Waals surface area (Å²) in [5, 5.41) is 0. The highest BCUT2D eigenvalue weighted by molar-refractivity contribution is 5.92. The van der Waals surface area contributed by atoms with Gasteiger partial charge in [-0.1, -0.05) is 30.3 Å². The third kappa shape index (κ3) is 2.51. The van der Waals surface area contributed by atoms with E-state index in [1.54, 1.807) is 4.90 Å². The molecule has 1 unspecified atom stereocenters. The fourth-order valence-corrected chi connectivity index (χ4v) is 3.48. The minimum atomic E-state index is -0.835. The number of carbonyl (C=O) groups is 2. The highest BCUT2D eigenvalue weighted by atomic mass is 16.5. The fourth-order valence-electron chi connectivity index (χ4n) is 3.48. The normalized spacial score (nSPS) is 21.9. The van der Waals surface area contributed by atoms with Crippen molar-refractivity contribution in [3.8, 4) is 0 Å². The van der Waals surface area contributed by atoms with Crippen LogP contribution < -0.4 is 5.73 Å². The molecule has 24 heavy (non-hydrogen) atoms. The lowest BCUT2D eigenvalue weighted by Gasteiger charge is -2.46.